The summed E-state index contributed by atoms with van der Waals surface area (Å²) < 4.78 is 11.4. The number of amides is 1. The summed E-state index contributed by atoms with van der Waals surface area (Å²) in [5.41, 5.74) is 2.47. The van der Waals surface area contributed by atoms with Crippen molar-refractivity contribution in [3.8, 4) is 17.2 Å². The van der Waals surface area contributed by atoms with E-state index in [9.17, 15) is 4.79 Å². The number of carbonyl (C=O) groups is 1. The van der Waals surface area contributed by atoms with Gasteiger partial charge in [-0.05, 0) is 73.5 Å². The Bertz CT molecular complexity index is 901. The first kappa shape index (κ1) is 18.8. The highest BCUT2D eigenvalue weighted by Gasteiger charge is 2.09. The molecule has 0 heterocycles. The van der Waals surface area contributed by atoms with E-state index in [1.54, 1.807) is 24.3 Å². The molecule has 0 aliphatic carbocycles. The van der Waals surface area contributed by atoms with Crippen molar-refractivity contribution in [2.45, 2.75) is 13.8 Å². The second-order valence-electron chi connectivity index (χ2n) is 6.15. The van der Waals surface area contributed by atoms with Gasteiger partial charge in [0.2, 0.25) is 0 Å². The van der Waals surface area contributed by atoms with E-state index in [1.165, 1.54) is 0 Å². The zero-order valence-electron chi connectivity index (χ0n) is 15.2. The van der Waals surface area contributed by atoms with Crippen molar-refractivity contribution < 1.29 is 14.3 Å². The van der Waals surface area contributed by atoms with Gasteiger partial charge in [0.05, 0.1) is 0 Å². The maximum Gasteiger partial charge on any atom is 0.262 e. The molecule has 0 atom stereocenters. The van der Waals surface area contributed by atoms with Gasteiger partial charge < -0.3 is 14.8 Å². The number of ether oxygens (including phenoxy) is 2. The molecule has 0 aliphatic rings. The highest BCUT2D eigenvalue weighted by atomic mass is 35.5. The van der Waals surface area contributed by atoms with Crippen molar-refractivity contribution in [3.63, 3.8) is 0 Å². The molecular formula is C22H20ClNO3. The summed E-state index contributed by atoms with van der Waals surface area (Å²) in [6.07, 6.45) is 0. The number of aryl methyl sites for hydroxylation is 2. The molecule has 3 rings (SSSR count). The largest absolute Gasteiger partial charge is 0.483 e. The molecule has 0 unspecified atom stereocenters. The Kier molecular flexibility index (Phi) is 5.99. The lowest BCUT2D eigenvalue weighted by Gasteiger charge is -2.13. The Morgan fingerprint density at radius 3 is 2.15 bits per heavy atom. The van der Waals surface area contributed by atoms with Gasteiger partial charge in [0.25, 0.3) is 5.91 Å². The summed E-state index contributed by atoms with van der Waals surface area (Å²) >= 11 is 6.01. The molecule has 0 aromatic heterocycles. The number of hydrogen-bond acceptors (Lipinski definition) is 3. The molecule has 1 N–H and O–H groups in total. The number of para-hydroxylation sites is 1. The number of benzene rings is 3. The van der Waals surface area contributed by atoms with Crippen LogP contribution in [0.3, 0.4) is 0 Å². The topological polar surface area (TPSA) is 47.6 Å². The molecule has 5 heteroatoms. The first-order valence-electron chi connectivity index (χ1n) is 8.53. The molecule has 1 amide bonds. The summed E-state index contributed by atoms with van der Waals surface area (Å²) in [5.74, 6) is 1.90. The first-order valence-corrected chi connectivity index (χ1v) is 8.91. The van der Waals surface area contributed by atoms with E-state index in [2.05, 4.69) is 5.32 Å². The summed E-state index contributed by atoms with van der Waals surface area (Å²) in [6, 6.07) is 20.3. The van der Waals surface area contributed by atoms with Gasteiger partial charge in [0.1, 0.15) is 17.2 Å². The smallest absolute Gasteiger partial charge is 0.262 e. The van der Waals surface area contributed by atoms with Crippen LogP contribution >= 0.6 is 11.6 Å². The van der Waals surface area contributed by atoms with Crippen molar-refractivity contribution in [1.29, 1.82) is 0 Å². The van der Waals surface area contributed by atoms with Gasteiger partial charge in [-0.2, -0.15) is 0 Å². The van der Waals surface area contributed by atoms with Crippen LogP contribution in [-0.4, -0.2) is 12.5 Å². The Labute approximate surface area is 163 Å². The van der Waals surface area contributed by atoms with Gasteiger partial charge in [0.15, 0.2) is 6.61 Å². The van der Waals surface area contributed by atoms with Crippen LogP contribution in [0.5, 0.6) is 17.2 Å². The van der Waals surface area contributed by atoms with E-state index in [-0.39, 0.29) is 12.5 Å². The van der Waals surface area contributed by atoms with Gasteiger partial charge in [-0.25, -0.2) is 0 Å². The van der Waals surface area contributed by atoms with Crippen molar-refractivity contribution in [1.82, 2.24) is 0 Å². The summed E-state index contributed by atoms with van der Waals surface area (Å²) in [6.45, 7) is 3.72. The standard InChI is InChI=1S/C22H20ClNO3/c1-15-12-17(23)13-16(2)22(15)26-14-21(25)24-18-8-10-20(11-9-18)27-19-6-4-3-5-7-19/h3-13H,14H2,1-2H3,(H,24,25). The van der Waals surface area contributed by atoms with Crippen LogP contribution < -0.4 is 14.8 Å². The molecule has 4 nitrogen and oxygen atoms in total. The van der Waals surface area contributed by atoms with Gasteiger partial charge >= 0.3 is 0 Å². The average Bonchev–Trinajstić information content (AvgIpc) is 2.63. The second kappa shape index (κ2) is 8.60. The Hall–Kier alpha value is -2.98. The van der Waals surface area contributed by atoms with Gasteiger partial charge in [0, 0.05) is 10.7 Å². The van der Waals surface area contributed by atoms with E-state index < -0.39 is 0 Å². The van der Waals surface area contributed by atoms with Crippen LogP contribution in [0.1, 0.15) is 11.1 Å². The summed E-state index contributed by atoms with van der Waals surface area (Å²) in [5, 5.41) is 3.46. The number of carbonyl (C=O) groups excluding carboxylic acids is 1. The fourth-order valence-corrected chi connectivity index (χ4v) is 3.02. The van der Waals surface area contributed by atoms with Crippen molar-refractivity contribution in [3.05, 3.63) is 82.9 Å². The van der Waals surface area contributed by atoms with Gasteiger partial charge in [-0.15, -0.1) is 0 Å². The predicted molar refractivity (Wildman–Crippen MR) is 108 cm³/mol. The average molecular weight is 382 g/mol. The highest BCUT2D eigenvalue weighted by molar-refractivity contribution is 6.30. The van der Waals surface area contributed by atoms with Crippen LogP contribution in [0.15, 0.2) is 66.7 Å². The summed E-state index contributed by atoms with van der Waals surface area (Å²) in [4.78, 5) is 12.2. The van der Waals surface area contributed by atoms with Crippen LogP contribution in [-0.2, 0) is 4.79 Å². The quantitative estimate of drug-likeness (QED) is 0.589. The molecule has 3 aromatic carbocycles. The lowest BCUT2D eigenvalue weighted by molar-refractivity contribution is -0.118. The molecule has 0 fully saturated rings. The maximum absolute atomic E-state index is 12.2. The zero-order chi connectivity index (χ0) is 19.2. The van der Waals surface area contributed by atoms with Crippen LogP contribution in [0.2, 0.25) is 5.02 Å². The van der Waals surface area contributed by atoms with Gasteiger partial charge in [-0.1, -0.05) is 29.8 Å². The lowest BCUT2D eigenvalue weighted by atomic mass is 10.1. The fourth-order valence-electron chi connectivity index (χ4n) is 2.69. The minimum atomic E-state index is -0.236. The van der Waals surface area contributed by atoms with E-state index >= 15 is 0 Å². The lowest BCUT2D eigenvalue weighted by Crippen LogP contribution is -2.20. The molecular weight excluding hydrogens is 362 g/mol. The Balaban J connectivity index is 1.55. The number of nitrogens with one attached hydrogen (secondary N) is 1. The molecule has 0 radical (unpaired) electrons. The number of hydrogen-bond donors (Lipinski definition) is 1. The van der Waals surface area contributed by atoms with Crippen LogP contribution in [0.25, 0.3) is 0 Å². The van der Waals surface area contributed by atoms with Crippen molar-refractivity contribution in [2.75, 3.05) is 11.9 Å². The molecule has 0 aliphatic heterocycles. The molecule has 27 heavy (non-hydrogen) atoms. The molecule has 0 bridgehead atoms. The highest BCUT2D eigenvalue weighted by Crippen LogP contribution is 2.27. The number of rotatable bonds is 6. The minimum Gasteiger partial charge on any atom is -0.483 e. The predicted octanol–water partition coefficient (Wildman–Crippen LogP) is 5.77. The minimum absolute atomic E-state index is 0.0778. The maximum atomic E-state index is 12.2. The Morgan fingerprint density at radius 2 is 1.52 bits per heavy atom. The molecule has 0 saturated heterocycles. The molecule has 138 valence electrons. The van der Waals surface area contributed by atoms with E-state index in [0.717, 1.165) is 16.9 Å². The monoisotopic (exact) mass is 381 g/mol. The SMILES string of the molecule is Cc1cc(Cl)cc(C)c1OCC(=O)Nc1ccc(Oc2ccccc2)cc1. The molecule has 3 aromatic rings. The van der Waals surface area contributed by atoms with E-state index in [1.807, 2.05) is 56.3 Å². The van der Waals surface area contributed by atoms with E-state index in [0.29, 0.717) is 22.2 Å². The third kappa shape index (κ3) is 5.25. The third-order valence-electron chi connectivity index (χ3n) is 3.89. The van der Waals surface area contributed by atoms with Crippen LogP contribution in [0, 0.1) is 13.8 Å². The Morgan fingerprint density at radius 1 is 0.926 bits per heavy atom. The van der Waals surface area contributed by atoms with Crippen molar-refractivity contribution in [2.24, 2.45) is 0 Å². The first-order chi connectivity index (χ1) is 13.0. The summed E-state index contributed by atoms with van der Waals surface area (Å²) in [7, 11) is 0. The fraction of sp³-hybridized carbons (Fsp3) is 0.136. The van der Waals surface area contributed by atoms with Crippen LogP contribution in [0.4, 0.5) is 5.69 Å². The third-order valence-corrected chi connectivity index (χ3v) is 4.11. The number of halogens is 1. The zero-order valence-corrected chi connectivity index (χ0v) is 15.9. The number of anilines is 1. The van der Waals surface area contributed by atoms with E-state index in [4.69, 9.17) is 21.1 Å². The van der Waals surface area contributed by atoms with Gasteiger partial charge in [-0.3, -0.25) is 4.79 Å². The molecule has 0 spiro atoms. The van der Waals surface area contributed by atoms with Crippen molar-refractivity contribution >= 4 is 23.2 Å². The normalized spacial score (nSPS) is 10.3. The second-order valence-corrected chi connectivity index (χ2v) is 6.58. The molecule has 0 saturated carbocycles.